The normalized spacial score (nSPS) is 13.8. The second-order valence-corrected chi connectivity index (χ2v) is 12.1. The zero-order valence-electron chi connectivity index (χ0n) is 27.5. The van der Waals surface area contributed by atoms with Crippen LogP contribution in [0.4, 0.5) is 27.6 Å². The summed E-state index contributed by atoms with van der Waals surface area (Å²) in [6, 6.07) is 21.4. The molecule has 3 aromatic carbocycles. The van der Waals surface area contributed by atoms with E-state index >= 15 is 0 Å². The maximum atomic E-state index is 13.6. The largest absolute Gasteiger partial charge is 0.485 e. The highest BCUT2D eigenvalue weighted by molar-refractivity contribution is 6.04. The maximum Gasteiger partial charge on any atom is 0.416 e. The monoisotopic (exact) mass is 707 g/mol. The van der Waals surface area contributed by atoms with Crippen LogP contribution >= 0.6 is 0 Å². The third-order valence-corrected chi connectivity index (χ3v) is 8.56. The molecule has 2 aromatic heterocycles. The van der Waals surface area contributed by atoms with Gasteiger partial charge in [-0.1, -0.05) is 12.1 Å². The molecule has 2 amide bonds. The summed E-state index contributed by atoms with van der Waals surface area (Å²) in [7, 11) is 1.82. The average molecular weight is 708 g/mol. The van der Waals surface area contributed by atoms with Crippen molar-refractivity contribution in [3.63, 3.8) is 0 Å². The van der Waals surface area contributed by atoms with Gasteiger partial charge in [0.1, 0.15) is 30.5 Å². The Balaban J connectivity index is 1.02. The SMILES string of the molecule is Cn1c(C(=O)N2CCN(Cc3ccc(OC(CF)CF)cc3)CC2)cc2ccc(Oc3ccc(NC(=O)c4ccc(C(F)(F)F)cc4)cn3)cc21. The fourth-order valence-corrected chi connectivity index (χ4v) is 5.73. The lowest BCUT2D eigenvalue weighted by molar-refractivity contribution is -0.137. The molecule has 0 aliphatic carbocycles. The number of pyridine rings is 1. The smallest absolute Gasteiger partial charge is 0.416 e. The number of hydrogen-bond donors (Lipinski definition) is 1. The molecule has 1 aliphatic rings. The molecule has 51 heavy (non-hydrogen) atoms. The number of piperazine rings is 1. The molecule has 3 heterocycles. The highest BCUT2D eigenvalue weighted by Crippen LogP contribution is 2.30. The van der Waals surface area contributed by atoms with E-state index in [0.717, 1.165) is 40.7 Å². The Kier molecular flexibility index (Phi) is 10.5. The molecule has 1 fully saturated rings. The number of nitrogens with one attached hydrogen (secondary N) is 1. The first-order valence-electron chi connectivity index (χ1n) is 16.1. The standard InChI is InChI=1S/C37H34F5N5O4/c1-45-32-19-30(51-34-13-9-28(22-43-34)44-35(48)25-4-7-27(8-5-25)37(40,41)42)12-6-26(32)18-33(45)36(49)47-16-14-46(15-17-47)23-24-2-10-29(11-3-24)50-31(20-38)21-39/h2-13,18-19,22,31H,14-17,20-21,23H2,1H3,(H,44,48). The van der Waals surface area contributed by atoms with Crippen molar-refractivity contribution in [2.45, 2.75) is 18.8 Å². The lowest BCUT2D eigenvalue weighted by Crippen LogP contribution is -2.48. The molecule has 266 valence electrons. The number of rotatable bonds is 11. The molecule has 0 bridgehead atoms. The summed E-state index contributed by atoms with van der Waals surface area (Å²) >= 11 is 0. The van der Waals surface area contributed by atoms with E-state index in [9.17, 15) is 31.5 Å². The van der Waals surface area contributed by atoms with Gasteiger partial charge in [0.15, 0.2) is 6.10 Å². The molecule has 14 heteroatoms. The van der Waals surface area contributed by atoms with Gasteiger partial charge in [0.05, 0.1) is 23.0 Å². The molecule has 0 saturated carbocycles. The van der Waals surface area contributed by atoms with E-state index < -0.39 is 37.1 Å². The van der Waals surface area contributed by atoms with Crippen LogP contribution < -0.4 is 14.8 Å². The number of carbonyl (C=O) groups is 2. The number of aryl methyl sites for hydroxylation is 1. The number of benzene rings is 3. The predicted molar refractivity (Wildman–Crippen MR) is 181 cm³/mol. The van der Waals surface area contributed by atoms with Crippen molar-refractivity contribution in [2.75, 3.05) is 44.8 Å². The van der Waals surface area contributed by atoms with Crippen molar-refractivity contribution < 1.29 is 41.0 Å². The van der Waals surface area contributed by atoms with Gasteiger partial charge in [-0.3, -0.25) is 14.5 Å². The van der Waals surface area contributed by atoms with Crippen LogP contribution in [0.25, 0.3) is 10.9 Å². The van der Waals surface area contributed by atoms with Gasteiger partial charge >= 0.3 is 6.18 Å². The van der Waals surface area contributed by atoms with Gasteiger partial charge in [0, 0.05) is 62.9 Å². The quantitative estimate of drug-likeness (QED) is 0.145. The third-order valence-electron chi connectivity index (χ3n) is 8.56. The van der Waals surface area contributed by atoms with Gasteiger partial charge in [-0.05, 0) is 66.2 Å². The molecule has 1 N–H and O–H groups in total. The molecular weight excluding hydrogens is 673 g/mol. The summed E-state index contributed by atoms with van der Waals surface area (Å²) < 4.78 is 77.0. The summed E-state index contributed by atoms with van der Waals surface area (Å²) in [5.41, 5.74) is 1.91. The van der Waals surface area contributed by atoms with Gasteiger partial charge < -0.3 is 24.3 Å². The summed E-state index contributed by atoms with van der Waals surface area (Å²) in [4.78, 5) is 34.3. The van der Waals surface area contributed by atoms with Crippen LogP contribution in [0.15, 0.2) is 91.1 Å². The van der Waals surface area contributed by atoms with Crippen molar-refractivity contribution in [3.05, 3.63) is 114 Å². The molecule has 0 radical (unpaired) electrons. The van der Waals surface area contributed by atoms with Crippen LogP contribution in [0.1, 0.15) is 32.0 Å². The summed E-state index contributed by atoms with van der Waals surface area (Å²) in [5, 5.41) is 3.46. The van der Waals surface area contributed by atoms with Gasteiger partial charge in [-0.15, -0.1) is 0 Å². The number of halogens is 5. The van der Waals surface area contributed by atoms with Gasteiger partial charge in [-0.2, -0.15) is 13.2 Å². The van der Waals surface area contributed by atoms with Gasteiger partial charge in [-0.25, -0.2) is 13.8 Å². The highest BCUT2D eigenvalue weighted by atomic mass is 19.4. The van der Waals surface area contributed by atoms with Crippen molar-refractivity contribution >= 4 is 28.4 Å². The Labute approximate surface area is 290 Å². The van der Waals surface area contributed by atoms with E-state index in [-0.39, 0.29) is 17.4 Å². The summed E-state index contributed by atoms with van der Waals surface area (Å²) in [6.45, 7) is 1.36. The lowest BCUT2D eigenvalue weighted by Gasteiger charge is -2.34. The third kappa shape index (κ3) is 8.46. The lowest BCUT2D eigenvalue weighted by atomic mass is 10.1. The number of alkyl halides is 5. The van der Waals surface area contributed by atoms with Crippen molar-refractivity contribution in [1.82, 2.24) is 19.4 Å². The number of ether oxygens (including phenoxy) is 2. The second-order valence-electron chi connectivity index (χ2n) is 12.1. The van der Waals surface area contributed by atoms with E-state index in [4.69, 9.17) is 9.47 Å². The molecule has 5 aromatic rings. The van der Waals surface area contributed by atoms with Crippen LogP contribution in [0.5, 0.6) is 17.4 Å². The number of anilines is 1. The Bertz CT molecular complexity index is 1970. The van der Waals surface area contributed by atoms with E-state index in [2.05, 4.69) is 15.2 Å². The fourth-order valence-electron chi connectivity index (χ4n) is 5.73. The molecule has 6 rings (SSSR count). The average Bonchev–Trinajstić information content (AvgIpc) is 3.47. The number of nitrogens with zero attached hydrogens (tertiary/aromatic N) is 4. The van der Waals surface area contributed by atoms with Crippen LogP contribution in [0.3, 0.4) is 0 Å². The summed E-state index contributed by atoms with van der Waals surface area (Å²) in [6.07, 6.45) is -4.21. The highest BCUT2D eigenvalue weighted by Gasteiger charge is 2.30. The zero-order valence-corrected chi connectivity index (χ0v) is 27.5. The Hall–Kier alpha value is -5.50. The fraction of sp³-hybridized carbons (Fsp3) is 0.270. The van der Waals surface area contributed by atoms with E-state index in [1.165, 1.54) is 6.20 Å². The van der Waals surface area contributed by atoms with Crippen molar-refractivity contribution in [1.29, 1.82) is 0 Å². The minimum absolute atomic E-state index is 0.0666. The molecule has 0 spiro atoms. The molecule has 1 aliphatic heterocycles. The number of hydrogen-bond acceptors (Lipinski definition) is 6. The first-order chi connectivity index (χ1) is 24.5. The first kappa shape index (κ1) is 35.3. The van der Waals surface area contributed by atoms with Crippen molar-refractivity contribution in [3.8, 4) is 17.4 Å². The second kappa shape index (κ2) is 15.2. The number of aromatic nitrogens is 2. The first-order valence-corrected chi connectivity index (χ1v) is 16.1. The topological polar surface area (TPSA) is 88.9 Å². The minimum Gasteiger partial charge on any atom is -0.485 e. The number of amides is 2. The van der Waals surface area contributed by atoms with E-state index in [1.54, 1.807) is 36.4 Å². The van der Waals surface area contributed by atoms with Crippen LogP contribution in [0.2, 0.25) is 0 Å². The molecular formula is C37H34F5N5O4. The van der Waals surface area contributed by atoms with E-state index in [1.807, 2.05) is 40.8 Å². The predicted octanol–water partition coefficient (Wildman–Crippen LogP) is 7.28. The Morgan fingerprint density at radius 2 is 1.55 bits per heavy atom. The van der Waals surface area contributed by atoms with Crippen LogP contribution in [-0.2, 0) is 19.8 Å². The van der Waals surface area contributed by atoms with Crippen molar-refractivity contribution in [2.24, 2.45) is 7.05 Å². The summed E-state index contributed by atoms with van der Waals surface area (Å²) in [5.74, 6) is 0.482. The minimum atomic E-state index is -4.49. The van der Waals surface area contributed by atoms with Crippen LogP contribution in [0, 0.1) is 0 Å². The zero-order chi connectivity index (χ0) is 36.1. The Morgan fingerprint density at radius 3 is 2.18 bits per heavy atom. The molecule has 9 nitrogen and oxygen atoms in total. The number of fused-ring (bicyclic) bond motifs is 1. The molecule has 1 saturated heterocycles. The molecule has 0 unspecified atom stereocenters. The van der Waals surface area contributed by atoms with E-state index in [0.29, 0.717) is 55.6 Å². The van der Waals surface area contributed by atoms with Crippen LogP contribution in [-0.4, -0.2) is 76.8 Å². The maximum absolute atomic E-state index is 13.6. The number of carbonyl (C=O) groups excluding carboxylic acids is 2. The molecule has 0 atom stereocenters. The van der Waals surface area contributed by atoms with Gasteiger partial charge in [0.2, 0.25) is 5.88 Å². The van der Waals surface area contributed by atoms with Gasteiger partial charge in [0.25, 0.3) is 11.8 Å². The Morgan fingerprint density at radius 1 is 0.863 bits per heavy atom.